The molecular weight excluding hydrogens is 551 g/mol. The molecule has 2 heterocycles. The number of amides is 1. The number of hydrogen-bond donors (Lipinski definition) is 1. The van der Waals surface area contributed by atoms with Crippen LogP contribution in [0.2, 0.25) is 0 Å². The van der Waals surface area contributed by atoms with Crippen molar-refractivity contribution < 1.29 is 27.5 Å². The molecule has 6 nitrogen and oxygen atoms in total. The number of nitrogens with zero attached hydrogens (tertiary/aromatic N) is 3. The van der Waals surface area contributed by atoms with Crippen LogP contribution in [0.1, 0.15) is 51.4 Å². The van der Waals surface area contributed by atoms with E-state index < -0.39 is 11.7 Å². The van der Waals surface area contributed by atoms with E-state index in [1.54, 1.807) is 30.3 Å². The lowest BCUT2D eigenvalue weighted by atomic mass is 9.70. The Hall–Kier alpha value is -3.79. The zero-order chi connectivity index (χ0) is 29.2. The van der Waals surface area contributed by atoms with Gasteiger partial charge in [-0.05, 0) is 90.9 Å². The zero-order valence-electron chi connectivity index (χ0n) is 22.7. The van der Waals surface area contributed by atoms with Gasteiger partial charge in [-0.3, -0.25) is 9.69 Å². The fraction of sp³-hybridized carbons (Fsp3) is 0.323. The molecular formula is C31H28F3N3O3S. The Morgan fingerprint density at radius 1 is 1.07 bits per heavy atom. The third-order valence-corrected chi connectivity index (χ3v) is 10.0. The van der Waals surface area contributed by atoms with Crippen LogP contribution in [-0.4, -0.2) is 21.9 Å². The molecule has 1 aliphatic heterocycles. The summed E-state index contributed by atoms with van der Waals surface area (Å²) in [5, 5.41) is 19.4. The highest BCUT2D eigenvalue weighted by Crippen LogP contribution is 2.64. The fourth-order valence-electron chi connectivity index (χ4n) is 6.12. The van der Waals surface area contributed by atoms with Crippen molar-refractivity contribution >= 4 is 40.3 Å². The third kappa shape index (κ3) is 4.67. The van der Waals surface area contributed by atoms with Crippen molar-refractivity contribution in [1.29, 1.82) is 0 Å². The molecule has 3 aliphatic rings. The minimum absolute atomic E-state index is 0.0506. The number of amidine groups is 1. The number of thioether (sulfide) groups is 1. The van der Waals surface area contributed by atoms with Gasteiger partial charge >= 0.3 is 6.18 Å². The Morgan fingerprint density at radius 3 is 2.49 bits per heavy atom. The second kappa shape index (κ2) is 9.65. The first-order chi connectivity index (χ1) is 19.4. The van der Waals surface area contributed by atoms with E-state index in [0.717, 1.165) is 42.4 Å². The third-order valence-electron chi connectivity index (χ3n) is 9.06. The fourth-order valence-corrected chi connectivity index (χ4v) is 7.03. The Bertz CT molecular complexity index is 1620. The van der Waals surface area contributed by atoms with Gasteiger partial charge in [0, 0.05) is 22.8 Å². The van der Waals surface area contributed by atoms with E-state index in [4.69, 9.17) is 9.52 Å². The largest absolute Gasteiger partial charge is 0.508 e. The van der Waals surface area contributed by atoms with Crippen molar-refractivity contribution in [3.05, 3.63) is 76.9 Å². The molecule has 0 spiro atoms. The summed E-state index contributed by atoms with van der Waals surface area (Å²) < 4.78 is 45.4. The summed E-state index contributed by atoms with van der Waals surface area (Å²) in [6.45, 7) is 6.82. The van der Waals surface area contributed by atoms with Gasteiger partial charge in [0.25, 0.3) is 5.91 Å². The van der Waals surface area contributed by atoms with E-state index in [1.165, 1.54) is 35.6 Å². The van der Waals surface area contributed by atoms with Crippen molar-refractivity contribution in [2.45, 2.75) is 46.2 Å². The lowest BCUT2D eigenvalue weighted by Gasteiger charge is -2.34. The molecule has 2 aliphatic carbocycles. The Balaban J connectivity index is 1.33. The number of hydrogen-bond acceptors (Lipinski definition) is 6. The molecule has 2 saturated carbocycles. The van der Waals surface area contributed by atoms with Crippen molar-refractivity contribution in [2.24, 2.45) is 27.0 Å². The highest BCUT2D eigenvalue weighted by molar-refractivity contribution is 8.19. The summed E-state index contributed by atoms with van der Waals surface area (Å²) in [6, 6.07) is 14.3. The SMILES string of the molecule is CC12CCC(CC1=NN=C1SC(=Cc3ccc(-c4cccc(C(F)(F)F)c4)o3)C(=O)N1c1ccc(O)cc1)C2(C)C. The first-order valence-corrected chi connectivity index (χ1v) is 14.1. The van der Waals surface area contributed by atoms with E-state index in [9.17, 15) is 23.1 Å². The highest BCUT2D eigenvalue weighted by atomic mass is 32.2. The van der Waals surface area contributed by atoms with Gasteiger partial charge in [0.2, 0.25) is 5.17 Å². The molecule has 0 radical (unpaired) electrons. The molecule has 3 fully saturated rings. The standard InChI is InChI=1S/C31H28F3N3O3S/c1-29(2)19-13-14-30(29,3)26(16-19)35-36-28-37(21-7-9-22(38)10-8-21)27(39)25(41-28)17-23-11-12-24(40-23)18-5-4-6-20(15-18)31(32,33)34/h4-12,15,17,19,38H,13-14,16H2,1-3H3. The lowest BCUT2D eigenvalue weighted by molar-refractivity contribution is -0.137. The predicted molar refractivity (Wildman–Crippen MR) is 154 cm³/mol. The van der Waals surface area contributed by atoms with Crippen LogP contribution in [0.25, 0.3) is 17.4 Å². The smallest absolute Gasteiger partial charge is 0.416 e. The van der Waals surface area contributed by atoms with Gasteiger partial charge in [-0.2, -0.15) is 18.3 Å². The monoisotopic (exact) mass is 579 g/mol. The molecule has 2 atom stereocenters. The van der Waals surface area contributed by atoms with Crippen LogP contribution in [0.4, 0.5) is 18.9 Å². The Labute approximate surface area is 239 Å². The normalized spacial score (nSPS) is 26.7. The quantitative estimate of drug-likeness (QED) is 0.249. The number of furan rings is 1. The van der Waals surface area contributed by atoms with Gasteiger partial charge in [0.1, 0.15) is 17.3 Å². The van der Waals surface area contributed by atoms with Crippen LogP contribution in [0, 0.1) is 16.7 Å². The van der Waals surface area contributed by atoms with E-state index in [1.807, 2.05) is 0 Å². The van der Waals surface area contributed by atoms with E-state index in [-0.39, 0.29) is 33.8 Å². The van der Waals surface area contributed by atoms with Crippen LogP contribution in [0.15, 0.2) is 80.2 Å². The summed E-state index contributed by atoms with van der Waals surface area (Å²) in [7, 11) is 0. The predicted octanol–water partition coefficient (Wildman–Crippen LogP) is 8.35. The topological polar surface area (TPSA) is 78.4 Å². The molecule has 1 N–H and O–H groups in total. The maximum atomic E-state index is 13.6. The second-order valence-electron chi connectivity index (χ2n) is 11.5. The molecule has 3 aromatic rings. The Kier molecular flexibility index (Phi) is 6.44. The number of carbonyl (C=O) groups excluding carboxylic acids is 1. The van der Waals surface area contributed by atoms with E-state index in [2.05, 4.69) is 25.9 Å². The van der Waals surface area contributed by atoms with Gasteiger partial charge in [0.15, 0.2) is 0 Å². The van der Waals surface area contributed by atoms with Crippen molar-refractivity contribution in [2.75, 3.05) is 4.90 Å². The number of aromatic hydroxyl groups is 1. The molecule has 10 heteroatoms. The van der Waals surface area contributed by atoms with Crippen LogP contribution in [-0.2, 0) is 11.0 Å². The molecule has 1 saturated heterocycles. The number of rotatable bonds is 4. The first kappa shape index (κ1) is 27.4. The molecule has 2 unspecified atom stereocenters. The number of alkyl halides is 3. The maximum Gasteiger partial charge on any atom is 0.416 e. The molecule has 41 heavy (non-hydrogen) atoms. The van der Waals surface area contributed by atoms with Gasteiger partial charge in [-0.15, -0.1) is 5.10 Å². The van der Waals surface area contributed by atoms with Crippen LogP contribution in [0.3, 0.4) is 0 Å². The summed E-state index contributed by atoms with van der Waals surface area (Å²) in [5.41, 5.74) is 1.15. The molecule has 6 rings (SSSR count). The van der Waals surface area contributed by atoms with Gasteiger partial charge in [-0.1, -0.05) is 32.9 Å². The van der Waals surface area contributed by atoms with Crippen LogP contribution in [0.5, 0.6) is 5.75 Å². The number of carbonyl (C=O) groups is 1. The summed E-state index contributed by atoms with van der Waals surface area (Å²) in [5.74, 6) is 0.835. The van der Waals surface area contributed by atoms with Gasteiger partial charge in [0.05, 0.1) is 16.2 Å². The van der Waals surface area contributed by atoms with E-state index in [0.29, 0.717) is 27.4 Å². The lowest BCUT2D eigenvalue weighted by Crippen LogP contribution is -2.32. The molecule has 212 valence electrons. The zero-order valence-corrected chi connectivity index (χ0v) is 23.5. The summed E-state index contributed by atoms with van der Waals surface area (Å²) >= 11 is 1.14. The minimum atomic E-state index is -4.47. The molecule has 2 bridgehead atoms. The minimum Gasteiger partial charge on any atom is -0.508 e. The van der Waals surface area contributed by atoms with Crippen molar-refractivity contribution in [1.82, 2.24) is 0 Å². The molecule has 1 aromatic heterocycles. The first-order valence-electron chi connectivity index (χ1n) is 13.3. The van der Waals surface area contributed by atoms with Crippen molar-refractivity contribution in [3.63, 3.8) is 0 Å². The highest BCUT2D eigenvalue weighted by Gasteiger charge is 2.60. The molecule has 2 aromatic carbocycles. The van der Waals surface area contributed by atoms with Crippen LogP contribution < -0.4 is 4.90 Å². The number of benzene rings is 2. The van der Waals surface area contributed by atoms with Crippen molar-refractivity contribution in [3.8, 4) is 17.1 Å². The molecule has 1 amide bonds. The second-order valence-corrected chi connectivity index (χ2v) is 12.5. The maximum absolute atomic E-state index is 13.6. The summed E-state index contributed by atoms with van der Waals surface area (Å²) in [6.07, 6.45) is 0.188. The summed E-state index contributed by atoms with van der Waals surface area (Å²) in [4.78, 5) is 15.4. The number of phenolic OH excluding ortho intramolecular Hbond substituents is 1. The average Bonchev–Trinajstić information content (AvgIpc) is 3.62. The number of anilines is 1. The average molecular weight is 580 g/mol. The van der Waals surface area contributed by atoms with Gasteiger partial charge in [-0.25, -0.2) is 0 Å². The Morgan fingerprint density at radius 2 is 1.83 bits per heavy atom. The number of phenols is 1. The van der Waals surface area contributed by atoms with Crippen LogP contribution >= 0.6 is 11.8 Å². The number of fused-ring (bicyclic) bond motifs is 2. The van der Waals surface area contributed by atoms with E-state index >= 15 is 0 Å². The van der Waals surface area contributed by atoms with Gasteiger partial charge < -0.3 is 9.52 Å². The number of halogens is 3.